The summed E-state index contributed by atoms with van der Waals surface area (Å²) in [6.07, 6.45) is 0. The summed E-state index contributed by atoms with van der Waals surface area (Å²) in [6, 6.07) is 0. The van der Waals surface area contributed by atoms with E-state index in [9.17, 15) is 4.79 Å². The van der Waals surface area contributed by atoms with Gasteiger partial charge in [-0.05, 0) is 13.8 Å². The lowest BCUT2D eigenvalue weighted by Gasteiger charge is -2.14. The van der Waals surface area contributed by atoms with Gasteiger partial charge in [0.15, 0.2) is 0 Å². The number of hydrogen-bond acceptors (Lipinski definition) is 3. The Labute approximate surface area is 82.1 Å². The van der Waals surface area contributed by atoms with Gasteiger partial charge in [-0.15, -0.1) is 0 Å². The first-order valence-corrected chi connectivity index (χ1v) is 4.08. The molecule has 82 valence electrons. The van der Waals surface area contributed by atoms with Gasteiger partial charge in [0.25, 0.3) is 0 Å². The van der Waals surface area contributed by atoms with E-state index in [1.165, 1.54) is 0 Å². The van der Waals surface area contributed by atoms with Crippen molar-refractivity contribution in [2.75, 3.05) is 13.1 Å². The van der Waals surface area contributed by atoms with Crippen LogP contribution in [-0.4, -0.2) is 46.0 Å². The standard InChI is InChI=1S/C6H13NO.C2H2O4/c1-4-7(5-2)6(3)8;3-1(4)2(5)6/h4-5H2,1-3H3;(H,3,4)(H,5,6). The Kier molecular flexibility index (Phi) is 8.55. The van der Waals surface area contributed by atoms with Gasteiger partial charge >= 0.3 is 11.9 Å². The van der Waals surface area contributed by atoms with E-state index in [4.69, 9.17) is 19.8 Å². The molecule has 0 aliphatic rings. The van der Waals surface area contributed by atoms with E-state index >= 15 is 0 Å². The number of carboxylic acid groups (broad SMARTS) is 2. The second-order valence-corrected chi connectivity index (χ2v) is 2.30. The summed E-state index contributed by atoms with van der Waals surface area (Å²) in [5.41, 5.74) is 0. The van der Waals surface area contributed by atoms with Gasteiger partial charge in [-0.3, -0.25) is 4.79 Å². The van der Waals surface area contributed by atoms with Crippen LogP contribution in [0.15, 0.2) is 0 Å². The van der Waals surface area contributed by atoms with Gasteiger partial charge in [0.05, 0.1) is 0 Å². The number of rotatable bonds is 2. The molecule has 2 N–H and O–H groups in total. The summed E-state index contributed by atoms with van der Waals surface area (Å²) in [5, 5.41) is 14.8. The molecule has 1 amide bonds. The van der Waals surface area contributed by atoms with Crippen molar-refractivity contribution < 1.29 is 24.6 Å². The lowest BCUT2D eigenvalue weighted by atomic mass is 10.5. The highest BCUT2D eigenvalue weighted by molar-refractivity contribution is 6.27. The first-order valence-electron chi connectivity index (χ1n) is 4.08. The minimum Gasteiger partial charge on any atom is -0.473 e. The molecule has 0 aliphatic carbocycles. The fraction of sp³-hybridized carbons (Fsp3) is 0.625. The van der Waals surface area contributed by atoms with Gasteiger partial charge < -0.3 is 15.1 Å². The molecule has 6 nitrogen and oxygen atoms in total. The fourth-order valence-electron chi connectivity index (χ4n) is 0.669. The molecule has 14 heavy (non-hydrogen) atoms. The van der Waals surface area contributed by atoms with Gasteiger partial charge in [-0.25, -0.2) is 9.59 Å². The number of carbonyl (C=O) groups is 3. The van der Waals surface area contributed by atoms with E-state index in [2.05, 4.69) is 0 Å². The Hall–Kier alpha value is -1.59. The van der Waals surface area contributed by atoms with Crippen molar-refractivity contribution in [1.82, 2.24) is 4.90 Å². The summed E-state index contributed by atoms with van der Waals surface area (Å²) in [4.78, 5) is 30.5. The smallest absolute Gasteiger partial charge is 0.414 e. The molecular weight excluding hydrogens is 190 g/mol. The maximum atomic E-state index is 10.5. The summed E-state index contributed by atoms with van der Waals surface area (Å²) < 4.78 is 0. The Morgan fingerprint density at radius 2 is 1.29 bits per heavy atom. The van der Waals surface area contributed by atoms with Crippen LogP contribution in [-0.2, 0) is 14.4 Å². The monoisotopic (exact) mass is 205 g/mol. The van der Waals surface area contributed by atoms with Crippen LogP contribution in [0.2, 0.25) is 0 Å². The number of carboxylic acids is 2. The first-order chi connectivity index (χ1) is 6.36. The SMILES string of the molecule is CCN(CC)C(C)=O.O=C(O)C(=O)O. The highest BCUT2D eigenvalue weighted by Crippen LogP contribution is 1.84. The van der Waals surface area contributed by atoms with Crippen LogP contribution < -0.4 is 0 Å². The highest BCUT2D eigenvalue weighted by atomic mass is 16.4. The average molecular weight is 205 g/mol. The van der Waals surface area contributed by atoms with Crippen LogP contribution in [0.1, 0.15) is 20.8 Å². The van der Waals surface area contributed by atoms with Crippen molar-refractivity contribution in [2.45, 2.75) is 20.8 Å². The second kappa shape index (κ2) is 8.03. The van der Waals surface area contributed by atoms with Crippen LogP contribution in [0.4, 0.5) is 0 Å². The number of hydrogen-bond donors (Lipinski definition) is 2. The van der Waals surface area contributed by atoms with Gasteiger partial charge in [-0.2, -0.15) is 0 Å². The summed E-state index contributed by atoms with van der Waals surface area (Å²) in [7, 11) is 0. The van der Waals surface area contributed by atoms with Crippen molar-refractivity contribution in [3.63, 3.8) is 0 Å². The van der Waals surface area contributed by atoms with Gasteiger partial charge in [0.1, 0.15) is 0 Å². The van der Waals surface area contributed by atoms with E-state index < -0.39 is 11.9 Å². The Bertz CT molecular complexity index is 198. The van der Waals surface area contributed by atoms with Crippen molar-refractivity contribution in [1.29, 1.82) is 0 Å². The molecule has 6 heteroatoms. The lowest BCUT2D eigenvalue weighted by molar-refractivity contribution is -0.159. The van der Waals surface area contributed by atoms with Gasteiger partial charge in [0.2, 0.25) is 5.91 Å². The third-order valence-electron chi connectivity index (χ3n) is 1.39. The maximum absolute atomic E-state index is 10.5. The van der Waals surface area contributed by atoms with E-state index in [0.29, 0.717) is 0 Å². The molecule has 0 aromatic rings. The molecule has 0 aliphatic heterocycles. The predicted molar refractivity (Wildman–Crippen MR) is 48.9 cm³/mol. The molecule has 0 fully saturated rings. The molecule has 0 saturated heterocycles. The zero-order valence-corrected chi connectivity index (χ0v) is 8.48. The highest BCUT2D eigenvalue weighted by Gasteiger charge is 2.04. The third kappa shape index (κ3) is 8.51. The molecule has 0 heterocycles. The Morgan fingerprint density at radius 1 is 1.00 bits per heavy atom. The number of nitrogens with zero attached hydrogens (tertiary/aromatic N) is 1. The topological polar surface area (TPSA) is 94.9 Å². The maximum Gasteiger partial charge on any atom is 0.414 e. The normalized spacial score (nSPS) is 8.21. The van der Waals surface area contributed by atoms with Crippen molar-refractivity contribution in [2.24, 2.45) is 0 Å². The zero-order valence-electron chi connectivity index (χ0n) is 8.48. The third-order valence-corrected chi connectivity index (χ3v) is 1.39. The van der Waals surface area contributed by atoms with E-state index in [1.807, 2.05) is 13.8 Å². The van der Waals surface area contributed by atoms with Crippen molar-refractivity contribution in [3.8, 4) is 0 Å². The lowest BCUT2D eigenvalue weighted by Crippen LogP contribution is -2.27. The zero-order chi connectivity index (χ0) is 11.7. The largest absolute Gasteiger partial charge is 0.473 e. The average Bonchev–Trinajstić information content (AvgIpc) is 2.06. The molecule has 0 rings (SSSR count). The van der Waals surface area contributed by atoms with Gasteiger partial charge in [0, 0.05) is 20.0 Å². The summed E-state index contributed by atoms with van der Waals surface area (Å²) in [6.45, 7) is 7.19. The van der Waals surface area contributed by atoms with Crippen LogP contribution in [0.25, 0.3) is 0 Å². The molecular formula is C8H15NO5. The van der Waals surface area contributed by atoms with E-state index in [-0.39, 0.29) is 5.91 Å². The van der Waals surface area contributed by atoms with Gasteiger partial charge in [-0.1, -0.05) is 0 Å². The second-order valence-electron chi connectivity index (χ2n) is 2.30. The van der Waals surface area contributed by atoms with Crippen LogP contribution in [0, 0.1) is 0 Å². The Balaban J connectivity index is 0. The molecule has 0 aromatic carbocycles. The summed E-state index contributed by atoms with van der Waals surface area (Å²) >= 11 is 0. The van der Waals surface area contributed by atoms with Crippen LogP contribution in [0.5, 0.6) is 0 Å². The molecule has 0 bridgehead atoms. The number of carbonyl (C=O) groups excluding carboxylic acids is 1. The minimum atomic E-state index is -1.82. The van der Waals surface area contributed by atoms with E-state index in [0.717, 1.165) is 13.1 Å². The molecule has 0 aromatic heterocycles. The van der Waals surface area contributed by atoms with Crippen LogP contribution in [0.3, 0.4) is 0 Å². The molecule has 0 saturated carbocycles. The number of amides is 1. The fourth-order valence-corrected chi connectivity index (χ4v) is 0.669. The predicted octanol–water partition coefficient (Wildman–Crippen LogP) is 0.0303. The summed E-state index contributed by atoms with van der Waals surface area (Å²) in [5.74, 6) is -3.49. The Morgan fingerprint density at radius 3 is 1.29 bits per heavy atom. The van der Waals surface area contributed by atoms with Crippen molar-refractivity contribution >= 4 is 17.8 Å². The first kappa shape index (κ1) is 14.9. The molecule has 0 unspecified atom stereocenters. The molecule has 0 radical (unpaired) electrons. The quantitative estimate of drug-likeness (QED) is 0.620. The van der Waals surface area contributed by atoms with E-state index in [1.54, 1.807) is 11.8 Å². The number of aliphatic carboxylic acids is 2. The van der Waals surface area contributed by atoms with Crippen LogP contribution >= 0.6 is 0 Å². The van der Waals surface area contributed by atoms with Crippen molar-refractivity contribution in [3.05, 3.63) is 0 Å². The molecule has 0 atom stereocenters. The minimum absolute atomic E-state index is 0.162. The molecule has 0 spiro atoms.